The molecular weight excluding hydrogens is 360 g/mol. The highest BCUT2D eigenvalue weighted by atomic mass is 16.5. The number of hydrogen-bond acceptors (Lipinski definition) is 4. The molecule has 2 N–H and O–H groups in total. The molecule has 1 heterocycles. The minimum atomic E-state index is -0.937. The van der Waals surface area contributed by atoms with Gasteiger partial charge in [-0.1, -0.05) is 18.9 Å². The van der Waals surface area contributed by atoms with E-state index in [1.165, 1.54) is 0 Å². The van der Waals surface area contributed by atoms with E-state index >= 15 is 0 Å². The van der Waals surface area contributed by atoms with Gasteiger partial charge in [0.05, 0.1) is 0 Å². The van der Waals surface area contributed by atoms with E-state index in [4.69, 9.17) is 4.74 Å². The zero-order valence-electron chi connectivity index (χ0n) is 15.8. The highest BCUT2D eigenvalue weighted by molar-refractivity contribution is 5.94. The van der Waals surface area contributed by atoms with Gasteiger partial charge in [-0.3, -0.25) is 9.59 Å². The van der Waals surface area contributed by atoms with Crippen molar-refractivity contribution in [1.29, 1.82) is 0 Å². The highest BCUT2D eigenvalue weighted by Crippen LogP contribution is 2.40. The zero-order chi connectivity index (χ0) is 19.7. The van der Waals surface area contributed by atoms with Crippen LogP contribution in [0.2, 0.25) is 0 Å². The second-order valence-corrected chi connectivity index (χ2v) is 8.08. The number of nitrogens with zero attached hydrogens (tertiary/aromatic N) is 1. The molecule has 0 aromatic heterocycles. The molecular formula is C21H26N2O5. The molecule has 4 rings (SSSR count). The van der Waals surface area contributed by atoms with Crippen molar-refractivity contribution in [3.63, 3.8) is 0 Å². The van der Waals surface area contributed by atoms with Gasteiger partial charge in [0, 0.05) is 23.7 Å². The van der Waals surface area contributed by atoms with E-state index in [9.17, 15) is 19.5 Å². The Balaban J connectivity index is 1.39. The van der Waals surface area contributed by atoms with Gasteiger partial charge in [0.1, 0.15) is 11.8 Å². The van der Waals surface area contributed by atoms with Gasteiger partial charge in [0.25, 0.3) is 5.91 Å². The highest BCUT2D eigenvalue weighted by Gasteiger charge is 2.47. The summed E-state index contributed by atoms with van der Waals surface area (Å²) in [6.07, 6.45) is 6.38. The number of amides is 2. The Labute approximate surface area is 164 Å². The molecule has 0 bridgehead atoms. The number of hydrogen-bond donors (Lipinski definition) is 2. The quantitative estimate of drug-likeness (QED) is 0.784. The predicted octanol–water partition coefficient (Wildman–Crippen LogP) is 2.66. The van der Waals surface area contributed by atoms with Crippen LogP contribution in [0.4, 0.5) is 5.69 Å². The number of ether oxygens (including phenoxy) is 1. The first kappa shape index (κ1) is 18.8. The van der Waals surface area contributed by atoms with Crippen LogP contribution < -0.4 is 10.1 Å². The van der Waals surface area contributed by atoms with Crippen LogP contribution in [0.3, 0.4) is 0 Å². The van der Waals surface area contributed by atoms with Crippen LogP contribution in [0.1, 0.15) is 44.9 Å². The molecule has 1 aromatic carbocycles. The first-order valence-electron chi connectivity index (χ1n) is 10.1. The first-order chi connectivity index (χ1) is 13.5. The summed E-state index contributed by atoms with van der Waals surface area (Å²) in [7, 11) is 0. The topological polar surface area (TPSA) is 95.9 Å². The number of rotatable bonds is 6. The summed E-state index contributed by atoms with van der Waals surface area (Å²) in [6, 6.07) is 6.21. The van der Waals surface area contributed by atoms with Gasteiger partial charge < -0.3 is 20.1 Å². The lowest BCUT2D eigenvalue weighted by atomic mass is 9.85. The van der Waals surface area contributed by atoms with Crippen LogP contribution in [-0.4, -0.2) is 46.5 Å². The van der Waals surface area contributed by atoms with Gasteiger partial charge in [0.15, 0.2) is 6.61 Å². The molecule has 3 fully saturated rings. The third kappa shape index (κ3) is 3.98. The first-order valence-corrected chi connectivity index (χ1v) is 10.1. The average molecular weight is 386 g/mol. The third-order valence-corrected chi connectivity index (χ3v) is 6.07. The third-order valence-electron chi connectivity index (χ3n) is 6.07. The van der Waals surface area contributed by atoms with Crippen LogP contribution in [0.15, 0.2) is 24.3 Å². The fourth-order valence-corrected chi connectivity index (χ4v) is 4.51. The lowest BCUT2D eigenvalue weighted by molar-refractivity contribution is -0.150. The van der Waals surface area contributed by atoms with E-state index in [1.54, 1.807) is 29.2 Å². The SMILES string of the molecule is O=C(Nc1cccc(OCC(=O)N2C(C(=O)O)CC3CCCCC32)c1)C1CC1. The van der Waals surface area contributed by atoms with Gasteiger partial charge in [-0.25, -0.2) is 4.79 Å². The predicted molar refractivity (Wildman–Crippen MR) is 102 cm³/mol. The number of likely N-dealkylation sites (tertiary alicyclic amines) is 1. The van der Waals surface area contributed by atoms with Crippen molar-refractivity contribution in [2.24, 2.45) is 11.8 Å². The summed E-state index contributed by atoms with van der Waals surface area (Å²) in [6.45, 7) is -0.201. The van der Waals surface area contributed by atoms with Crippen LogP contribution >= 0.6 is 0 Å². The summed E-state index contributed by atoms with van der Waals surface area (Å²) in [5.74, 6) is -0.342. The molecule has 150 valence electrons. The number of carbonyl (C=O) groups is 3. The smallest absolute Gasteiger partial charge is 0.326 e. The van der Waals surface area contributed by atoms with Crippen LogP contribution in [0.25, 0.3) is 0 Å². The number of carboxylic acid groups (broad SMARTS) is 1. The number of aliphatic carboxylic acids is 1. The van der Waals surface area contributed by atoms with E-state index in [1.807, 2.05) is 0 Å². The van der Waals surface area contributed by atoms with Gasteiger partial charge in [-0.2, -0.15) is 0 Å². The number of fused-ring (bicyclic) bond motifs is 1. The molecule has 3 aliphatic rings. The average Bonchev–Trinajstić information content (AvgIpc) is 3.46. The van der Waals surface area contributed by atoms with Gasteiger partial charge >= 0.3 is 5.97 Å². The molecule has 7 heteroatoms. The molecule has 1 aliphatic heterocycles. The summed E-state index contributed by atoms with van der Waals surface area (Å²) in [4.78, 5) is 37.9. The maximum atomic E-state index is 12.8. The van der Waals surface area contributed by atoms with E-state index < -0.39 is 12.0 Å². The summed E-state index contributed by atoms with van der Waals surface area (Å²) in [5, 5.41) is 12.4. The minimum Gasteiger partial charge on any atom is -0.484 e. The Bertz CT molecular complexity index is 776. The van der Waals surface area contributed by atoms with Crippen LogP contribution in [0.5, 0.6) is 5.75 Å². The monoisotopic (exact) mass is 386 g/mol. The standard InChI is InChI=1S/C21H26N2O5/c24-19(23-17-7-2-1-4-14(17)10-18(23)21(26)27)12-28-16-6-3-5-15(11-16)22-20(25)13-8-9-13/h3,5-6,11,13-14,17-18H,1-2,4,7-10,12H2,(H,22,25)(H,26,27). The Hall–Kier alpha value is -2.57. The molecule has 7 nitrogen and oxygen atoms in total. The van der Waals surface area contributed by atoms with Crippen molar-refractivity contribution in [3.05, 3.63) is 24.3 Å². The maximum absolute atomic E-state index is 12.8. The number of anilines is 1. The molecule has 0 radical (unpaired) electrons. The van der Waals surface area contributed by atoms with Crippen molar-refractivity contribution >= 4 is 23.5 Å². The van der Waals surface area contributed by atoms with Crippen molar-refractivity contribution in [3.8, 4) is 5.75 Å². The lowest BCUT2D eigenvalue weighted by Gasteiger charge is -2.32. The molecule has 3 atom stereocenters. The summed E-state index contributed by atoms with van der Waals surface area (Å²) >= 11 is 0. The van der Waals surface area contributed by atoms with E-state index in [2.05, 4.69) is 5.32 Å². The van der Waals surface area contributed by atoms with Crippen molar-refractivity contribution in [2.45, 2.75) is 57.0 Å². The number of nitrogens with one attached hydrogen (secondary N) is 1. The molecule has 3 unspecified atom stereocenters. The molecule has 28 heavy (non-hydrogen) atoms. The Morgan fingerprint density at radius 3 is 2.68 bits per heavy atom. The lowest BCUT2D eigenvalue weighted by Crippen LogP contribution is -2.48. The van der Waals surface area contributed by atoms with E-state index in [0.717, 1.165) is 38.5 Å². The van der Waals surface area contributed by atoms with E-state index in [-0.39, 0.29) is 36.3 Å². The van der Waals surface area contributed by atoms with Crippen LogP contribution in [0, 0.1) is 11.8 Å². The number of carbonyl (C=O) groups excluding carboxylic acids is 2. The van der Waals surface area contributed by atoms with Crippen molar-refractivity contribution in [1.82, 2.24) is 4.90 Å². The van der Waals surface area contributed by atoms with Crippen molar-refractivity contribution < 1.29 is 24.2 Å². The largest absolute Gasteiger partial charge is 0.484 e. The number of benzene rings is 1. The summed E-state index contributed by atoms with van der Waals surface area (Å²) in [5.41, 5.74) is 0.638. The number of carboxylic acids is 1. The normalized spacial score (nSPS) is 26.4. The van der Waals surface area contributed by atoms with Crippen molar-refractivity contribution in [2.75, 3.05) is 11.9 Å². The molecule has 1 aromatic rings. The minimum absolute atomic E-state index is 0.00937. The molecule has 2 amide bonds. The Morgan fingerprint density at radius 1 is 1.14 bits per heavy atom. The maximum Gasteiger partial charge on any atom is 0.326 e. The zero-order valence-corrected chi connectivity index (χ0v) is 15.8. The second kappa shape index (κ2) is 7.81. The molecule has 2 saturated carbocycles. The molecule has 1 saturated heterocycles. The van der Waals surface area contributed by atoms with Gasteiger partial charge in [-0.15, -0.1) is 0 Å². The fourth-order valence-electron chi connectivity index (χ4n) is 4.51. The second-order valence-electron chi connectivity index (χ2n) is 8.08. The molecule has 2 aliphatic carbocycles. The molecule has 0 spiro atoms. The van der Waals surface area contributed by atoms with E-state index in [0.29, 0.717) is 17.9 Å². The Kier molecular flexibility index (Phi) is 5.24. The summed E-state index contributed by atoms with van der Waals surface area (Å²) < 4.78 is 5.65. The Morgan fingerprint density at radius 2 is 1.93 bits per heavy atom. The van der Waals surface area contributed by atoms with Crippen LogP contribution in [-0.2, 0) is 14.4 Å². The van der Waals surface area contributed by atoms with Gasteiger partial charge in [-0.05, 0) is 50.2 Å². The fraction of sp³-hybridized carbons (Fsp3) is 0.571. The van der Waals surface area contributed by atoms with Gasteiger partial charge in [0.2, 0.25) is 5.91 Å².